The van der Waals surface area contributed by atoms with Gasteiger partial charge in [0.05, 0.1) is 19.3 Å². The largest absolute Gasteiger partial charge is 1.00 e. The van der Waals surface area contributed by atoms with Gasteiger partial charge in [-0.25, -0.2) is 0 Å². The summed E-state index contributed by atoms with van der Waals surface area (Å²) in [6.07, 6.45) is 3.15. The number of carbonyl (C=O) groups excluding carboxylic acids is 1. The molecule has 0 saturated carbocycles. The number of fused-ring (bicyclic) bond motifs is 1. The van der Waals surface area contributed by atoms with Gasteiger partial charge in [-0.15, -0.1) is 0 Å². The van der Waals surface area contributed by atoms with E-state index in [1.165, 1.54) is 0 Å². The molecule has 1 saturated heterocycles. The molecule has 4 nitrogen and oxygen atoms in total. The molecule has 0 amide bonds. The van der Waals surface area contributed by atoms with Crippen LogP contribution in [0.2, 0.25) is 0 Å². The number of para-hydroxylation sites is 1. The molecule has 0 bridgehead atoms. The molecule has 17 heavy (non-hydrogen) atoms. The van der Waals surface area contributed by atoms with Gasteiger partial charge in [-0.1, -0.05) is 18.2 Å². The summed E-state index contributed by atoms with van der Waals surface area (Å²) in [7, 11) is 0. The molecule has 1 fully saturated rings. The van der Waals surface area contributed by atoms with Crippen molar-refractivity contribution in [3.05, 3.63) is 36.0 Å². The van der Waals surface area contributed by atoms with Gasteiger partial charge in [0.2, 0.25) is 0 Å². The SMILES string of the molecule is O=Cc1cn(CC2CO2)c2ccccc12.[K+].[OH-]. The van der Waals surface area contributed by atoms with E-state index in [-0.39, 0.29) is 56.9 Å². The Bertz CT molecular complexity index is 519. The van der Waals surface area contributed by atoms with Gasteiger partial charge in [0.1, 0.15) is 0 Å². The first-order valence-electron chi connectivity index (χ1n) is 5.03. The minimum atomic E-state index is 0. The Hall–Kier alpha value is -0.0136. The normalized spacial score (nSPS) is 17.1. The summed E-state index contributed by atoms with van der Waals surface area (Å²) in [4.78, 5) is 10.9. The Morgan fingerprint density at radius 1 is 1.41 bits per heavy atom. The number of rotatable bonds is 3. The summed E-state index contributed by atoms with van der Waals surface area (Å²) < 4.78 is 7.29. The zero-order valence-corrected chi connectivity index (χ0v) is 12.8. The standard InChI is InChI=1S/C12H11NO2.K.H2O/c14-7-9-5-13(6-10-8-15-10)12-4-2-1-3-11(9)12;;/h1-5,7,10H,6,8H2;;1H2/q;+1;/p-1. The topological polar surface area (TPSA) is 64.5 Å². The number of aromatic nitrogens is 1. The molecule has 0 radical (unpaired) electrons. The molecule has 3 rings (SSSR count). The molecular weight excluding hydrogens is 245 g/mol. The smallest absolute Gasteiger partial charge is 0.870 e. The van der Waals surface area contributed by atoms with Gasteiger partial charge < -0.3 is 14.8 Å². The number of aldehydes is 1. The molecule has 1 aromatic heterocycles. The second-order valence-corrected chi connectivity index (χ2v) is 3.83. The summed E-state index contributed by atoms with van der Waals surface area (Å²) >= 11 is 0. The van der Waals surface area contributed by atoms with Crippen molar-refractivity contribution in [1.29, 1.82) is 0 Å². The van der Waals surface area contributed by atoms with Crippen molar-refractivity contribution in [2.45, 2.75) is 12.6 Å². The molecule has 2 aromatic rings. The van der Waals surface area contributed by atoms with Crippen molar-refractivity contribution >= 4 is 17.2 Å². The molecule has 0 aliphatic carbocycles. The molecule has 0 spiro atoms. The molecule has 5 heteroatoms. The monoisotopic (exact) mass is 257 g/mol. The predicted octanol–water partition coefficient (Wildman–Crippen LogP) is -1.32. The van der Waals surface area contributed by atoms with Crippen molar-refractivity contribution in [3.63, 3.8) is 0 Å². The first kappa shape index (κ1) is 15.0. The van der Waals surface area contributed by atoms with E-state index in [0.29, 0.717) is 6.10 Å². The molecule has 84 valence electrons. The van der Waals surface area contributed by atoms with Crippen LogP contribution < -0.4 is 51.4 Å². The van der Waals surface area contributed by atoms with Crippen LogP contribution in [-0.4, -0.2) is 29.0 Å². The van der Waals surface area contributed by atoms with Crippen molar-refractivity contribution in [3.8, 4) is 0 Å². The van der Waals surface area contributed by atoms with Crippen LogP contribution in [0.5, 0.6) is 0 Å². The fraction of sp³-hybridized carbons (Fsp3) is 0.250. The van der Waals surface area contributed by atoms with Gasteiger partial charge >= 0.3 is 51.4 Å². The average Bonchev–Trinajstić information content (AvgIpc) is 3.01. The maximum Gasteiger partial charge on any atom is 1.00 e. The van der Waals surface area contributed by atoms with E-state index in [1.807, 2.05) is 30.5 Å². The summed E-state index contributed by atoms with van der Waals surface area (Å²) in [5.74, 6) is 0. The molecule has 1 N–H and O–H groups in total. The first-order chi connectivity index (χ1) is 7.38. The molecule has 1 aliphatic rings. The van der Waals surface area contributed by atoms with Crippen LogP contribution in [0.1, 0.15) is 10.4 Å². The average molecular weight is 257 g/mol. The third-order valence-corrected chi connectivity index (χ3v) is 2.75. The maximum atomic E-state index is 10.9. The second-order valence-electron chi connectivity index (χ2n) is 3.83. The van der Waals surface area contributed by atoms with Crippen LogP contribution in [0.25, 0.3) is 10.9 Å². The minimum Gasteiger partial charge on any atom is -0.870 e. The van der Waals surface area contributed by atoms with Gasteiger partial charge in [-0.3, -0.25) is 4.79 Å². The van der Waals surface area contributed by atoms with E-state index in [1.54, 1.807) is 0 Å². The van der Waals surface area contributed by atoms with E-state index in [9.17, 15) is 4.79 Å². The van der Waals surface area contributed by atoms with Crippen LogP contribution in [-0.2, 0) is 11.3 Å². The maximum absolute atomic E-state index is 10.9. The third-order valence-electron chi connectivity index (χ3n) is 2.75. The molecular formula is C12H12KNO3. The molecule has 1 aliphatic heterocycles. The molecule has 1 atom stereocenters. The predicted molar refractivity (Wildman–Crippen MR) is 59.0 cm³/mol. The summed E-state index contributed by atoms with van der Waals surface area (Å²) in [5.41, 5.74) is 1.86. The molecule has 1 unspecified atom stereocenters. The van der Waals surface area contributed by atoms with Crippen molar-refractivity contribution in [1.82, 2.24) is 4.57 Å². The van der Waals surface area contributed by atoms with Gasteiger partial charge in [0.25, 0.3) is 0 Å². The number of epoxide rings is 1. The summed E-state index contributed by atoms with van der Waals surface area (Å²) in [6, 6.07) is 7.95. The summed E-state index contributed by atoms with van der Waals surface area (Å²) in [6.45, 7) is 1.68. The molecule has 1 aromatic carbocycles. The first-order valence-corrected chi connectivity index (χ1v) is 5.03. The van der Waals surface area contributed by atoms with Crippen molar-refractivity contribution in [2.24, 2.45) is 0 Å². The zero-order chi connectivity index (χ0) is 10.3. The van der Waals surface area contributed by atoms with E-state index in [2.05, 4.69) is 4.57 Å². The zero-order valence-electron chi connectivity index (χ0n) is 9.67. The third kappa shape index (κ3) is 3.06. The van der Waals surface area contributed by atoms with E-state index in [4.69, 9.17) is 4.74 Å². The number of carbonyl (C=O) groups is 1. The number of ether oxygens (including phenoxy) is 1. The Morgan fingerprint density at radius 2 is 2.12 bits per heavy atom. The van der Waals surface area contributed by atoms with E-state index in [0.717, 1.165) is 35.9 Å². The van der Waals surface area contributed by atoms with Gasteiger partial charge in [-0.2, -0.15) is 0 Å². The van der Waals surface area contributed by atoms with Crippen LogP contribution >= 0.6 is 0 Å². The van der Waals surface area contributed by atoms with Crippen molar-refractivity contribution < 1.29 is 66.4 Å². The van der Waals surface area contributed by atoms with Crippen LogP contribution in [0.3, 0.4) is 0 Å². The fourth-order valence-electron chi connectivity index (χ4n) is 1.91. The second kappa shape index (κ2) is 6.24. The number of hydrogen-bond acceptors (Lipinski definition) is 3. The van der Waals surface area contributed by atoms with Gasteiger partial charge in [0, 0.05) is 22.7 Å². The van der Waals surface area contributed by atoms with E-state index < -0.39 is 0 Å². The van der Waals surface area contributed by atoms with Crippen LogP contribution in [0.15, 0.2) is 30.5 Å². The van der Waals surface area contributed by atoms with Crippen molar-refractivity contribution in [2.75, 3.05) is 6.61 Å². The Labute approximate surface area is 142 Å². The summed E-state index contributed by atoms with van der Waals surface area (Å²) in [5, 5.41) is 1.02. The molecule has 2 heterocycles. The quantitative estimate of drug-likeness (QED) is 0.389. The van der Waals surface area contributed by atoms with Gasteiger partial charge in [-0.05, 0) is 6.07 Å². The Morgan fingerprint density at radius 3 is 2.76 bits per heavy atom. The Kier molecular flexibility index (Phi) is 5.52. The van der Waals surface area contributed by atoms with E-state index >= 15 is 0 Å². The fourth-order valence-corrected chi connectivity index (χ4v) is 1.91. The van der Waals surface area contributed by atoms with Crippen LogP contribution in [0.4, 0.5) is 0 Å². The van der Waals surface area contributed by atoms with Crippen LogP contribution in [0, 0.1) is 0 Å². The number of nitrogens with zero attached hydrogens (tertiary/aromatic N) is 1. The number of hydrogen-bond donors (Lipinski definition) is 0. The Balaban J connectivity index is 0.000000722. The number of benzene rings is 1. The van der Waals surface area contributed by atoms with Gasteiger partial charge in [0.15, 0.2) is 6.29 Å². The minimum absolute atomic E-state index is 0.